The smallest absolute Gasteiger partial charge is 0.163 e. The number of hydrogen-bond donors (Lipinski definition) is 2. The van der Waals surface area contributed by atoms with Crippen molar-refractivity contribution in [3.8, 4) is 28.3 Å². The van der Waals surface area contributed by atoms with Crippen LogP contribution in [0.15, 0.2) is 42.6 Å². The van der Waals surface area contributed by atoms with Gasteiger partial charge < -0.3 is 24.8 Å². The van der Waals surface area contributed by atoms with Crippen LogP contribution in [0.4, 0.5) is 26.1 Å². The molecule has 210 valence electrons. The first kappa shape index (κ1) is 27.9. The monoisotopic (exact) mass is 588 g/mol. The van der Waals surface area contributed by atoms with E-state index in [9.17, 15) is 8.60 Å². The van der Waals surface area contributed by atoms with Gasteiger partial charge in [-0.2, -0.15) is 0 Å². The van der Waals surface area contributed by atoms with Crippen molar-refractivity contribution in [2.45, 2.75) is 6.42 Å². The molecule has 13 heteroatoms. The van der Waals surface area contributed by atoms with Crippen LogP contribution in [-0.2, 0) is 15.7 Å². The van der Waals surface area contributed by atoms with E-state index in [0.717, 1.165) is 0 Å². The van der Waals surface area contributed by atoms with Gasteiger partial charge in [-0.15, -0.1) is 0 Å². The van der Waals surface area contributed by atoms with E-state index in [-0.39, 0.29) is 28.4 Å². The number of anilines is 3. The van der Waals surface area contributed by atoms with Crippen LogP contribution in [-0.4, -0.2) is 65.0 Å². The molecule has 1 saturated heterocycles. The molecule has 1 atom stereocenters. The maximum atomic E-state index is 15.8. The number of nitrogen functional groups attached to an aromatic ring is 1. The molecular weight excluding hydrogens is 562 g/mol. The third-order valence-corrected chi connectivity index (χ3v) is 7.81. The quantitative estimate of drug-likeness (QED) is 0.280. The van der Waals surface area contributed by atoms with Crippen molar-refractivity contribution in [3.63, 3.8) is 0 Å². The number of ether oxygens (including phenoxy) is 2. The van der Waals surface area contributed by atoms with Gasteiger partial charge in [0.2, 0.25) is 0 Å². The lowest BCUT2D eigenvalue weighted by Crippen LogP contribution is -2.37. The number of nitrogens with one attached hydrogen (secondary N) is 1. The van der Waals surface area contributed by atoms with E-state index >= 15 is 4.39 Å². The van der Waals surface area contributed by atoms with Crippen LogP contribution in [0.2, 0.25) is 5.02 Å². The molecule has 0 bridgehead atoms. The van der Waals surface area contributed by atoms with E-state index in [1.807, 2.05) is 0 Å². The molecule has 2 aromatic carbocycles. The van der Waals surface area contributed by atoms with Crippen LogP contribution in [0.5, 0.6) is 5.75 Å². The van der Waals surface area contributed by atoms with Gasteiger partial charge in [0.05, 0.1) is 37.7 Å². The summed E-state index contributed by atoms with van der Waals surface area (Å²) in [5.74, 6) is 1.17. The third-order valence-electron chi connectivity index (χ3n) is 6.39. The first-order chi connectivity index (χ1) is 19.4. The fourth-order valence-electron chi connectivity index (χ4n) is 4.42. The van der Waals surface area contributed by atoms with E-state index in [1.165, 1.54) is 19.2 Å². The number of methoxy groups -OCH3 is 1. The summed E-state index contributed by atoms with van der Waals surface area (Å²) in [5.41, 5.74) is 7.47. The van der Waals surface area contributed by atoms with E-state index in [2.05, 4.69) is 14.6 Å². The molecule has 0 aliphatic carbocycles. The summed E-state index contributed by atoms with van der Waals surface area (Å²) in [6.45, 7) is 1.63. The highest BCUT2D eigenvalue weighted by atomic mass is 35.5. The van der Waals surface area contributed by atoms with Gasteiger partial charge in [-0.05, 0) is 48.4 Å². The van der Waals surface area contributed by atoms with E-state index < -0.39 is 23.5 Å². The molecule has 1 fully saturated rings. The van der Waals surface area contributed by atoms with Gasteiger partial charge >= 0.3 is 0 Å². The Morgan fingerprint density at radius 2 is 1.98 bits per heavy atom. The van der Waals surface area contributed by atoms with E-state index in [0.29, 0.717) is 71.5 Å². The zero-order chi connectivity index (χ0) is 28.2. The number of aromatic nitrogens is 3. The highest BCUT2D eigenvalue weighted by Gasteiger charge is 2.23. The minimum atomic E-state index is -1.66. The molecule has 0 saturated carbocycles. The van der Waals surface area contributed by atoms with Gasteiger partial charge in [0, 0.05) is 41.6 Å². The number of nitrogens with two attached hydrogens (primary N) is 1. The summed E-state index contributed by atoms with van der Waals surface area (Å²) in [7, 11) is -0.156. The Kier molecular flexibility index (Phi) is 8.57. The number of alkyl halides is 1. The second kappa shape index (κ2) is 12.3. The number of fused-ring (bicyclic) bond motifs is 1. The maximum absolute atomic E-state index is 15.8. The Hall–Kier alpha value is -3.61. The normalized spacial score (nSPS) is 14.3. The lowest BCUT2D eigenvalue weighted by atomic mass is 10.0. The third kappa shape index (κ3) is 5.79. The fraction of sp³-hybridized carbons (Fsp3) is 0.296. The molecule has 5 rings (SSSR count). The Labute approximate surface area is 237 Å². The summed E-state index contributed by atoms with van der Waals surface area (Å²) in [6.07, 6.45) is 1.70. The van der Waals surface area contributed by atoms with Crippen molar-refractivity contribution in [2.75, 3.05) is 61.2 Å². The predicted octanol–water partition coefficient (Wildman–Crippen LogP) is 5.01. The van der Waals surface area contributed by atoms with Gasteiger partial charge in [0.25, 0.3) is 0 Å². The Morgan fingerprint density at radius 3 is 2.67 bits per heavy atom. The summed E-state index contributed by atoms with van der Waals surface area (Å²) < 4.78 is 54.5. The Bertz CT molecular complexity index is 1550. The molecule has 3 N–H and O–H groups in total. The highest BCUT2D eigenvalue weighted by molar-refractivity contribution is 7.86. The van der Waals surface area contributed by atoms with Crippen molar-refractivity contribution in [1.82, 2.24) is 15.0 Å². The molecule has 1 unspecified atom stereocenters. The van der Waals surface area contributed by atoms with Crippen LogP contribution in [0, 0.1) is 5.82 Å². The van der Waals surface area contributed by atoms with Crippen LogP contribution in [0.1, 0.15) is 6.42 Å². The average Bonchev–Trinajstić information content (AvgIpc) is 2.97. The summed E-state index contributed by atoms with van der Waals surface area (Å²) in [6, 6.07) is 9.80. The topological polar surface area (TPSA) is 115 Å². The Balaban J connectivity index is 1.68. The van der Waals surface area contributed by atoms with Crippen LogP contribution < -0.4 is 20.1 Å². The van der Waals surface area contributed by atoms with Crippen LogP contribution >= 0.6 is 11.6 Å². The highest BCUT2D eigenvalue weighted by Crippen LogP contribution is 2.41. The number of benzene rings is 2. The van der Waals surface area contributed by atoms with Crippen molar-refractivity contribution in [1.29, 1.82) is 0 Å². The van der Waals surface area contributed by atoms with Gasteiger partial charge in [-0.25, -0.2) is 23.6 Å². The molecule has 40 heavy (non-hydrogen) atoms. The molecule has 2 aromatic heterocycles. The molecule has 0 amide bonds. The number of rotatable bonds is 9. The predicted molar refractivity (Wildman–Crippen MR) is 154 cm³/mol. The molecule has 4 aromatic rings. The molecule has 0 radical (unpaired) electrons. The zero-order valence-electron chi connectivity index (χ0n) is 21.6. The molecule has 3 heterocycles. The number of morpholine rings is 1. The standard InChI is InChI=1S/C27H27ClF2N6O3S/c1-38-21-14-17(23-19(28)4-5-20(24(23)30)35-40(37)12-2-7-29)13-18-25(21)33-26(16-3-6-22(31)32-15-16)34-27(18)36-8-10-39-11-9-36/h3-6,13-15,35H,2,7-12H2,1H3,(H2,31,32). The number of pyridine rings is 1. The summed E-state index contributed by atoms with van der Waals surface area (Å²) in [5, 5.41) is 0.779. The van der Waals surface area contributed by atoms with Gasteiger partial charge in [0.15, 0.2) is 11.6 Å². The lowest BCUT2D eigenvalue weighted by Gasteiger charge is -2.29. The molecule has 9 nitrogen and oxygen atoms in total. The SMILES string of the molecule is COc1cc(-c2c(Cl)ccc(NS(=O)CCCF)c2F)cc2c(N3CCOCC3)nc(-c3ccc(N)nc3)nc12. The van der Waals surface area contributed by atoms with Crippen LogP contribution in [0.3, 0.4) is 0 Å². The zero-order valence-corrected chi connectivity index (χ0v) is 23.2. The number of halogens is 3. The minimum absolute atomic E-state index is 0.00786. The van der Waals surface area contributed by atoms with Gasteiger partial charge in [0.1, 0.15) is 33.9 Å². The summed E-state index contributed by atoms with van der Waals surface area (Å²) in [4.78, 5) is 15.9. The average molecular weight is 589 g/mol. The first-order valence-electron chi connectivity index (χ1n) is 12.5. The van der Waals surface area contributed by atoms with Crippen LogP contribution in [0.25, 0.3) is 33.4 Å². The van der Waals surface area contributed by atoms with Gasteiger partial charge in [-0.1, -0.05) is 11.6 Å². The minimum Gasteiger partial charge on any atom is -0.494 e. The first-order valence-corrected chi connectivity index (χ1v) is 14.2. The molecule has 1 aliphatic heterocycles. The molecule has 0 spiro atoms. The summed E-state index contributed by atoms with van der Waals surface area (Å²) >= 11 is 6.50. The van der Waals surface area contributed by atoms with E-state index in [1.54, 1.807) is 30.5 Å². The molecule has 1 aliphatic rings. The van der Waals surface area contributed by atoms with E-state index in [4.69, 9.17) is 36.8 Å². The number of nitrogens with zero attached hydrogens (tertiary/aromatic N) is 4. The van der Waals surface area contributed by atoms with Crippen molar-refractivity contribution >= 4 is 50.8 Å². The van der Waals surface area contributed by atoms with Crippen molar-refractivity contribution in [3.05, 3.63) is 53.4 Å². The number of hydrogen-bond acceptors (Lipinski definition) is 8. The second-order valence-corrected chi connectivity index (χ2v) is 10.7. The fourth-order valence-corrected chi connectivity index (χ4v) is 5.55. The van der Waals surface area contributed by atoms with Gasteiger partial charge in [-0.3, -0.25) is 4.39 Å². The largest absolute Gasteiger partial charge is 0.494 e. The lowest BCUT2D eigenvalue weighted by molar-refractivity contribution is 0.122. The Morgan fingerprint density at radius 1 is 1.18 bits per heavy atom. The van der Waals surface area contributed by atoms with Crippen molar-refractivity contribution in [2.24, 2.45) is 0 Å². The van der Waals surface area contributed by atoms with Crippen molar-refractivity contribution < 1.29 is 22.5 Å². The second-order valence-electron chi connectivity index (χ2n) is 8.99. The molecular formula is C27H27ClF2N6O3S. The maximum Gasteiger partial charge on any atom is 0.163 e.